The monoisotopic (exact) mass is 375 g/mol. The van der Waals surface area contributed by atoms with Crippen molar-refractivity contribution in [1.82, 2.24) is 5.32 Å². The molecule has 2 aliphatic carbocycles. The number of carbonyl (C=O) groups excluding carboxylic acids is 2. The van der Waals surface area contributed by atoms with Crippen molar-refractivity contribution in [1.29, 1.82) is 0 Å². The molecule has 2 unspecified atom stereocenters. The maximum Gasteiger partial charge on any atom is 0.255 e. The molecule has 27 heavy (non-hydrogen) atoms. The summed E-state index contributed by atoms with van der Waals surface area (Å²) in [6.45, 7) is 0.210. The van der Waals surface area contributed by atoms with E-state index in [0.29, 0.717) is 29.9 Å². The van der Waals surface area contributed by atoms with Crippen molar-refractivity contribution in [2.75, 3.05) is 13.7 Å². The first-order valence-electron chi connectivity index (χ1n) is 9.59. The van der Waals surface area contributed by atoms with Crippen molar-refractivity contribution in [2.45, 2.75) is 44.7 Å². The van der Waals surface area contributed by atoms with Gasteiger partial charge in [-0.2, -0.15) is 0 Å². The number of ether oxygens (including phenoxy) is 2. The molecule has 0 spiro atoms. The molecule has 3 rings (SSSR count). The Morgan fingerprint density at radius 1 is 1.19 bits per heavy atom. The van der Waals surface area contributed by atoms with Gasteiger partial charge < -0.3 is 26.3 Å². The minimum atomic E-state index is -0.551. The van der Waals surface area contributed by atoms with E-state index in [4.69, 9.17) is 20.9 Å². The Kier molecular flexibility index (Phi) is 6.21. The van der Waals surface area contributed by atoms with Crippen molar-refractivity contribution >= 4 is 11.8 Å². The second-order valence-electron chi connectivity index (χ2n) is 7.65. The quantitative estimate of drug-likeness (QED) is 0.665. The zero-order valence-corrected chi connectivity index (χ0v) is 15.8. The zero-order valence-electron chi connectivity index (χ0n) is 15.8. The molecule has 1 aromatic carbocycles. The fraction of sp³-hybridized carbons (Fsp3) is 0.600. The molecule has 0 saturated heterocycles. The molecule has 7 heteroatoms. The first kappa shape index (κ1) is 19.5. The van der Waals surface area contributed by atoms with Crippen molar-refractivity contribution < 1.29 is 19.1 Å². The van der Waals surface area contributed by atoms with Crippen LogP contribution in [0, 0.1) is 17.8 Å². The molecule has 7 nitrogen and oxygen atoms in total. The minimum absolute atomic E-state index is 0.0557. The third-order valence-electron chi connectivity index (χ3n) is 5.85. The van der Waals surface area contributed by atoms with Crippen molar-refractivity contribution in [2.24, 2.45) is 29.2 Å². The normalized spacial score (nSPS) is 26.9. The Balaban J connectivity index is 1.56. The van der Waals surface area contributed by atoms with Gasteiger partial charge in [0.15, 0.2) is 18.1 Å². The number of hydrogen-bond acceptors (Lipinski definition) is 5. The molecule has 2 aliphatic rings. The summed E-state index contributed by atoms with van der Waals surface area (Å²) in [5.74, 6) is 1.52. The molecule has 0 radical (unpaired) electrons. The van der Waals surface area contributed by atoms with E-state index in [1.807, 2.05) is 6.07 Å². The topological polar surface area (TPSA) is 117 Å². The van der Waals surface area contributed by atoms with Crippen LogP contribution >= 0.6 is 0 Å². The summed E-state index contributed by atoms with van der Waals surface area (Å²) in [5, 5.41) is 3.04. The van der Waals surface area contributed by atoms with Crippen molar-refractivity contribution in [3.63, 3.8) is 0 Å². The summed E-state index contributed by atoms with van der Waals surface area (Å²) in [4.78, 5) is 23.5. The molecule has 0 aromatic heterocycles. The number of fused-ring (bicyclic) bond motifs is 2. The van der Waals surface area contributed by atoms with Crippen LogP contribution in [0.25, 0.3) is 0 Å². The number of nitrogens with one attached hydrogen (secondary N) is 1. The molecule has 2 fully saturated rings. The third kappa shape index (κ3) is 4.71. The highest BCUT2D eigenvalue weighted by Crippen LogP contribution is 2.41. The van der Waals surface area contributed by atoms with Gasteiger partial charge in [0, 0.05) is 18.5 Å². The highest BCUT2D eigenvalue weighted by atomic mass is 16.5. The second-order valence-corrected chi connectivity index (χ2v) is 7.65. The first-order chi connectivity index (χ1) is 13.0. The number of benzene rings is 1. The fourth-order valence-corrected chi connectivity index (χ4v) is 4.43. The average Bonchev–Trinajstić information content (AvgIpc) is 2.64. The standard InChI is InChI=1S/C20H29N3O4/c1-26-17-7-12(5-6-16(17)27-11-18(21)24)10-23-20(25)15-8-13-3-2-4-14(9-15)19(13)22/h5-7,13-15,19H,2-4,8-11,22H2,1H3,(H2,21,24)(H,23,25). The number of nitrogens with two attached hydrogens (primary N) is 2. The van der Waals surface area contributed by atoms with Gasteiger partial charge in [-0.1, -0.05) is 12.5 Å². The Hall–Kier alpha value is -2.28. The summed E-state index contributed by atoms with van der Waals surface area (Å²) in [6.07, 6.45) is 5.32. The number of primary amides is 1. The van der Waals surface area contributed by atoms with Crippen LogP contribution in [0.3, 0.4) is 0 Å². The average molecular weight is 375 g/mol. The molecular weight excluding hydrogens is 346 g/mol. The summed E-state index contributed by atoms with van der Waals surface area (Å²) < 4.78 is 10.6. The molecule has 0 aliphatic heterocycles. The van der Waals surface area contributed by atoms with Crippen LogP contribution in [-0.2, 0) is 16.1 Å². The molecule has 1 aromatic rings. The van der Waals surface area contributed by atoms with Gasteiger partial charge in [-0.25, -0.2) is 0 Å². The van der Waals surface area contributed by atoms with Gasteiger partial charge in [-0.3, -0.25) is 9.59 Å². The molecule has 5 N–H and O–H groups in total. The van der Waals surface area contributed by atoms with Gasteiger partial charge in [0.1, 0.15) is 0 Å². The van der Waals surface area contributed by atoms with E-state index in [9.17, 15) is 9.59 Å². The smallest absolute Gasteiger partial charge is 0.255 e. The lowest BCUT2D eigenvalue weighted by Gasteiger charge is -2.43. The van der Waals surface area contributed by atoms with Crippen molar-refractivity contribution in [3.8, 4) is 11.5 Å². The Morgan fingerprint density at radius 3 is 2.52 bits per heavy atom. The van der Waals surface area contributed by atoms with E-state index in [1.165, 1.54) is 13.5 Å². The van der Waals surface area contributed by atoms with Gasteiger partial charge in [0.05, 0.1) is 7.11 Å². The van der Waals surface area contributed by atoms with E-state index >= 15 is 0 Å². The first-order valence-corrected chi connectivity index (χ1v) is 9.59. The predicted octanol–water partition coefficient (Wildman–Crippen LogP) is 1.33. The predicted molar refractivity (Wildman–Crippen MR) is 101 cm³/mol. The van der Waals surface area contributed by atoms with Crippen LogP contribution in [0.5, 0.6) is 11.5 Å². The van der Waals surface area contributed by atoms with Gasteiger partial charge in [0.2, 0.25) is 5.91 Å². The van der Waals surface area contributed by atoms with Crippen LogP contribution in [0.15, 0.2) is 18.2 Å². The van der Waals surface area contributed by atoms with E-state index < -0.39 is 5.91 Å². The van der Waals surface area contributed by atoms with Gasteiger partial charge in [0.25, 0.3) is 5.91 Å². The highest BCUT2D eigenvalue weighted by molar-refractivity contribution is 5.79. The highest BCUT2D eigenvalue weighted by Gasteiger charge is 2.40. The summed E-state index contributed by atoms with van der Waals surface area (Å²) in [5.41, 5.74) is 12.3. The second kappa shape index (κ2) is 8.61. The fourth-order valence-electron chi connectivity index (χ4n) is 4.43. The maximum atomic E-state index is 12.6. The Morgan fingerprint density at radius 2 is 1.89 bits per heavy atom. The van der Waals surface area contributed by atoms with Crippen LogP contribution in [0.4, 0.5) is 0 Å². The van der Waals surface area contributed by atoms with Gasteiger partial charge in [-0.05, 0) is 55.2 Å². The third-order valence-corrected chi connectivity index (χ3v) is 5.85. The molecule has 2 bridgehead atoms. The lowest BCUT2D eigenvalue weighted by molar-refractivity contribution is -0.128. The SMILES string of the molecule is COc1cc(CNC(=O)C2CC3CCCC(C2)C3N)ccc1OCC(N)=O. The number of rotatable bonds is 7. The van der Waals surface area contributed by atoms with Crippen molar-refractivity contribution in [3.05, 3.63) is 23.8 Å². The van der Waals surface area contributed by atoms with Crippen LogP contribution in [-0.4, -0.2) is 31.6 Å². The summed E-state index contributed by atoms with van der Waals surface area (Å²) in [7, 11) is 1.53. The lowest BCUT2D eigenvalue weighted by atomic mass is 9.65. The summed E-state index contributed by atoms with van der Waals surface area (Å²) >= 11 is 0. The molecule has 2 atom stereocenters. The Bertz CT molecular complexity index is 680. The number of amides is 2. The number of hydrogen-bond donors (Lipinski definition) is 3. The molecule has 2 saturated carbocycles. The Labute approximate surface area is 159 Å². The molecule has 2 amide bonds. The van der Waals surface area contributed by atoms with E-state index in [1.54, 1.807) is 12.1 Å². The van der Waals surface area contributed by atoms with Crippen LogP contribution < -0.4 is 26.3 Å². The van der Waals surface area contributed by atoms with E-state index in [-0.39, 0.29) is 24.5 Å². The van der Waals surface area contributed by atoms with Gasteiger partial charge >= 0.3 is 0 Å². The summed E-state index contributed by atoms with van der Waals surface area (Å²) in [6, 6.07) is 5.61. The molecule has 0 heterocycles. The minimum Gasteiger partial charge on any atom is -0.493 e. The largest absolute Gasteiger partial charge is 0.493 e. The lowest BCUT2D eigenvalue weighted by Crippen LogP contribution is -2.49. The van der Waals surface area contributed by atoms with E-state index in [0.717, 1.165) is 31.2 Å². The molecular formula is C20H29N3O4. The maximum absolute atomic E-state index is 12.6. The zero-order chi connectivity index (χ0) is 19.4. The van der Waals surface area contributed by atoms with Gasteiger partial charge in [-0.15, -0.1) is 0 Å². The number of methoxy groups -OCH3 is 1. The van der Waals surface area contributed by atoms with Crippen LogP contribution in [0.1, 0.15) is 37.7 Å². The van der Waals surface area contributed by atoms with E-state index in [2.05, 4.69) is 5.32 Å². The van der Waals surface area contributed by atoms with Crippen LogP contribution in [0.2, 0.25) is 0 Å². The number of carbonyl (C=O) groups is 2. The molecule has 148 valence electrons.